The van der Waals surface area contributed by atoms with Crippen molar-refractivity contribution in [2.45, 2.75) is 44.6 Å². The predicted octanol–water partition coefficient (Wildman–Crippen LogP) is 8.08. The minimum absolute atomic E-state index is 0.150. The number of carbonyl (C=O) groups is 1. The molecule has 7 rings (SSSR count). The van der Waals surface area contributed by atoms with Gasteiger partial charge in [-0.2, -0.15) is 0 Å². The Morgan fingerprint density at radius 1 is 0.902 bits per heavy atom. The molecule has 3 heterocycles. The summed E-state index contributed by atoms with van der Waals surface area (Å²) in [6, 6.07) is 27.2. The fourth-order valence-corrected chi connectivity index (χ4v) is 6.98. The standard InChI is InChI=1S/C35H34ClN3O2/c36-29-12-6-4-10-27(29)31-17-14-25-22-26(15-16-30(25)37-31)35-34(24-8-2-1-3-9-24)28-11-5-7-13-32(28)39(35)23-33(40)38-18-20-41-21-19-38/h4-7,10-17,22,24H,1-3,8-9,18-21,23H2. The van der Waals surface area contributed by atoms with Gasteiger partial charge in [-0.25, -0.2) is 4.98 Å². The number of benzene rings is 3. The Hall–Kier alpha value is -3.67. The van der Waals surface area contributed by atoms with Crippen molar-refractivity contribution in [1.29, 1.82) is 0 Å². The number of hydrogen-bond donors (Lipinski definition) is 0. The van der Waals surface area contributed by atoms with Crippen molar-refractivity contribution in [2.24, 2.45) is 0 Å². The summed E-state index contributed by atoms with van der Waals surface area (Å²) >= 11 is 6.48. The molecule has 2 fully saturated rings. The molecule has 0 radical (unpaired) electrons. The second-order valence-electron chi connectivity index (χ2n) is 11.3. The van der Waals surface area contributed by atoms with E-state index in [1.807, 2.05) is 35.2 Å². The number of carbonyl (C=O) groups excluding carboxylic acids is 1. The highest BCUT2D eigenvalue weighted by atomic mass is 35.5. The number of nitrogens with zero attached hydrogens (tertiary/aromatic N) is 3. The Labute approximate surface area is 245 Å². The maximum atomic E-state index is 13.6. The van der Waals surface area contributed by atoms with Gasteiger partial charge in [0.1, 0.15) is 6.54 Å². The van der Waals surface area contributed by atoms with Crippen LogP contribution >= 0.6 is 11.6 Å². The number of aromatic nitrogens is 2. The van der Waals surface area contributed by atoms with E-state index >= 15 is 0 Å². The van der Waals surface area contributed by atoms with Crippen molar-refractivity contribution in [1.82, 2.24) is 14.5 Å². The lowest BCUT2D eigenvalue weighted by Crippen LogP contribution is -2.42. The van der Waals surface area contributed by atoms with Crippen molar-refractivity contribution in [3.8, 4) is 22.5 Å². The lowest BCUT2D eigenvalue weighted by molar-refractivity contribution is -0.135. The summed E-state index contributed by atoms with van der Waals surface area (Å²) in [6.45, 7) is 2.83. The van der Waals surface area contributed by atoms with E-state index in [0.29, 0.717) is 43.8 Å². The Bertz CT molecular complexity index is 1730. The Balaban J connectivity index is 1.37. The van der Waals surface area contributed by atoms with Crippen molar-refractivity contribution in [3.63, 3.8) is 0 Å². The summed E-state index contributed by atoms with van der Waals surface area (Å²) in [5.41, 5.74) is 7.57. The Kier molecular flexibility index (Phi) is 7.24. The summed E-state index contributed by atoms with van der Waals surface area (Å²) in [6.07, 6.45) is 6.18. The van der Waals surface area contributed by atoms with E-state index in [1.54, 1.807) is 0 Å². The van der Waals surface area contributed by atoms with Crippen LogP contribution in [0.3, 0.4) is 0 Å². The zero-order valence-electron chi connectivity index (χ0n) is 23.2. The topological polar surface area (TPSA) is 47.4 Å². The monoisotopic (exact) mass is 563 g/mol. The minimum Gasteiger partial charge on any atom is -0.378 e. The Morgan fingerprint density at radius 2 is 1.68 bits per heavy atom. The van der Waals surface area contributed by atoms with Crippen molar-refractivity contribution in [2.75, 3.05) is 26.3 Å². The van der Waals surface area contributed by atoms with E-state index in [2.05, 4.69) is 53.1 Å². The maximum absolute atomic E-state index is 13.6. The fraction of sp³-hybridized carbons (Fsp3) is 0.314. The number of morpholine rings is 1. The van der Waals surface area contributed by atoms with Crippen molar-refractivity contribution < 1.29 is 9.53 Å². The van der Waals surface area contributed by atoms with Crippen molar-refractivity contribution in [3.05, 3.63) is 89.4 Å². The van der Waals surface area contributed by atoms with Crippen LogP contribution < -0.4 is 0 Å². The number of amides is 1. The van der Waals surface area contributed by atoms with Gasteiger partial charge in [0, 0.05) is 40.0 Å². The average Bonchev–Trinajstić information content (AvgIpc) is 3.35. The molecule has 0 atom stereocenters. The van der Waals surface area contributed by atoms with E-state index < -0.39 is 0 Å². The maximum Gasteiger partial charge on any atom is 0.242 e. The summed E-state index contributed by atoms with van der Waals surface area (Å²) in [4.78, 5) is 20.5. The molecule has 2 aromatic heterocycles. The SMILES string of the molecule is O=C(Cn1c(-c2ccc3nc(-c4ccccc4Cl)ccc3c2)c(C2CCCCC2)c2ccccc21)N1CCOCC1. The van der Waals surface area contributed by atoms with Gasteiger partial charge >= 0.3 is 0 Å². The van der Waals surface area contributed by atoms with E-state index in [4.69, 9.17) is 21.3 Å². The van der Waals surface area contributed by atoms with E-state index in [-0.39, 0.29) is 5.91 Å². The van der Waals surface area contributed by atoms with Crippen molar-refractivity contribution >= 4 is 39.3 Å². The second kappa shape index (κ2) is 11.3. The quantitative estimate of drug-likeness (QED) is 0.217. The molecule has 5 nitrogen and oxygen atoms in total. The van der Waals surface area contributed by atoms with Crippen LogP contribution in [0.1, 0.15) is 43.6 Å². The normalized spacial score (nSPS) is 16.5. The molecule has 1 aliphatic carbocycles. The number of pyridine rings is 1. The minimum atomic E-state index is 0.150. The number of para-hydroxylation sites is 1. The molecule has 41 heavy (non-hydrogen) atoms. The van der Waals surface area contributed by atoms with Crippen LogP contribution in [0, 0.1) is 0 Å². The van der Waals surface area contributed by atoms with Gasteiger partial charge in [0.05, 0.1) is 30.1 Å². The highest BCUT2D eigenvalue weighted by Crippen LogP contribution is 2.44. The highest BCUT2D eigenvalue weighted by molar-refractivity contribution is 6.33. The van der Waals surface area contributed by atoms with Crippen LogP contribution in [0.5, 0.6) is 0 Å². The summed E-state index contributed by atoms with van der Waals surface area (Å²) in [5.74, 6) is 0.636. The summed E-state index contributed by atoms with van der Waals surface area (Å²) in [5, 5.41) is 3.04. The molecule has 5 aromatic rings. The number of hydrogen-bond acceptors (Lipinski definition) is 3. The van der Waals surface area contributed by atoms with Gasteiger partial charge in [-0.15, -0.1) is 0 Å². The number of fused-ring (bicyclic) bond motifs is 2. The summed E-state index contributed by atoms with van der Waals surface area (Å²) in [7, 11) is 0. The largest absolute Gasteiger partial charge is 0.378 e. The molecule has 1 amide bonds. The van der Waals surface area contributed by atoms with E-state index in [9.17, 15) is 4.79 Å². The van der Waals surface area contributed by atoms with E-state index in [0.717, 1.165) is 33.2 Å². The van der Waals surface area contributed by atoms with Gasteiger partial charge in [0.15, 0.2) is 0 Å². The van der Waals surface area contributed by atoms with Gasteiger partial charge in [0.2, 0.25) is 5.91 Å². The third-order valence-corrected chi connectivity index (χ3v) is 9.12. The molecular formula is C35H34ClN3O2. The molecule has 2 aliphatic rings. The molecule has 1 aliphatic heterocycles. The zero-order chi connectivity index (χ0) is 27.8. The average molecular weight is 564 g/mol. The molecule has 0 bridgehead atoms. The first-order valence-corrected chi connectivity index (χ1v) is 15.2. The first-order chi connectivity index (χ1) is 20.2. The molecule has 0 spiro atoms. The van der Waals surface area contributed by atoms with Crippen LogP contribution in [-0.4, -0.2) is 46.7 Å². The summed E-state index contributed by atoms with van der Waals surface area (Å²) < 4.78 is 7.80. The predicted molar refractivity (Wildman–Crippen MR) is 166 cm³/mol. The lowest BCUT2D eigenvalue weighted by atomic mass is 9.82. The first-order valence-electron chi connectivity index (χ1n) is 14.8. The Morgan fingerprint density at radius 3 is 2.51 bits per heavy atom. The van der Waals surface area contributed by atoms with E-state index in [1.165, 1.54) is 48.7 Å². The zero-order valence-corrected chi connectivity index (χ0v) is 23.9. The molecule has 6 heteroatoms. The van der Waals surface area contributed by atoms with Gasteiger partial charge in [0.25, 0.3) is 0 Å². The molecule has 3 aromatic carbocycles. The molecular weight excluding hydrogens is 530 g/mol. The molecule has 1 saturated carbocycles. The number of halogens is 1. The first kappa shape index (κ1) is 26.2. The molecule has 208 valence electrons. The third-order valence-electron chi connectivity index (χ3n) is 8.79. The van der Waals surface area contributed by atoms with Crippen LogP contribution in [0.25, 0.3) is 44.3 Å². The third kappa shape index (κ3) is 5.02. The van der Waals surface area contributed by atoms with Gasteiger partial charge < -0.3 is 14.2 Å². The molecule has 1 saturated heterocycles. The van der Waals surface area contributed by atoms with Crippen LogP contribution in [0.2, 0.25) is 5.02 Å². The number of rotatable bonds is 5. The van der Waals surface area contributed by atoms with Gasteiger partial charge in [-0.05, 0) is 60.2 Å². The van der Waals surface area contributed by atoms with Gasteiger partial charge in [-0.1, -0.05) is 79.4 Å². The second-order valence-corrected chi connectivity index (χ2v) is 11.7. The fourth-order valence-electron chi connectivity index (χ4n) is 6.75. The van der Waals surface area contributed by atoms with Crippen LogP contribution in [0.15, 0.2) is 78.9 Å². The number of ether oxygens (including phenoxy) is 1. The van der Waals surface area contributed by atoms with Crippen LogP contribution in [-0.2, 0) is 16.1 Å². The van der Waals surface area contributed by atoms with Gasteiger partial charge in [-0.3, -0.25) is 4.79 Å². The smallest absolute Gasteiger partial charge is 0.242 e. The van der Waals surface area contributed by atoms with Crippen LogP contribution in [0.4, 0.5) is 0 Å². The lowest BCUT2D eigenvalue weighted by Gasteiger charge is -2.28. The molecule has 0 unspecified atom stereocenters. The highest BCUT2D eigenvalue weighted by Gasteiger charge is 2.28. The molecule has 0 N–H and O–H groups in total.